The van der Waals surface area contributed by atoms with Crippen molar-refractivity contribution in [2.75, 3.05) is 0 Å². The molecule has 3 heteroatoms. The van der Waals surface area contributed by atoms with E-state index in [-0.39, 0.29) is 18.1 Å². The highest BCUT2D eigenvalue weighted by Gasteiger charge is 2.43. The highest BCUT2D eigenvalue weighted by atomic mass is 16.3. The Morgan fingerprint density at radius 3 is 1.65 bits per heavy atom. The summed E-state index contributed by atoms with van der Waals surface area (Å²) in [5.74, 6) is 2.28. The predicted molar refractivity (Wildman–Crippen MR) is 93.0 cm³/mol. The molecule has 0 radical (unpaired) electrons. The molecular formula is C20H35NO2. The summed E-state index contributed by atoms with van der Waals surface area (Å²) in [7, 11) is 0. The highest BCUT2D eigenvalue weighted by molar-refractivity contribution is 5.73. The van der Waals surface area contributed by atoms with Crippen molar-refractivity contribution >= 4 is 5.91 Å². The van der Waals surface area contributed by atoms with Crippen molar-refractivity contribution in [1.29, 1.82) is 0 Å². The predicted octanol–water partition coefficient (Wildman–Crippen LogP) is 4.04. The van der Waals surface area contributed by atoms with Gasteiger partial charge in [0.1, 0.15) is 0 Å². The number of hydrogen-bond acceptors (Lipinski definition) is 2. The second kappa shape index (κ2) is 8.00. The Labute approximate surface area is 141 Å². The summed E-state index contributed by atoms with van der Waals surface area (Å²) in [5.41, 5.74) is 0. The van der Waals surface area contributed by atoms with Crippen LogP contribution in [0.2, 0.25) is 0 Å². The first-order valence-electron chi connectivity index (χ1n) is 10.1. The molecule has 3 aliphatic carbocycles. The van der Waals surface area contributed by atoms with Crippen LogP contribution in [-0.4, -0.2) is 23.2 Å². The smallest absolute Gasteiger partial charge is 0.217 e. The molecule has 3 rings (SSSR count). The van der Waals surface area contributed by atoms with Gasteiger partial charge < -0.3 is 10.4 Å². The Morgan fingerprint density at radius 2 is 1.26 bits per heavy atom. The van der Waals surface area contributed by atoms with E-state index in [2.05, 4.69) is 5.32 Å². The summed E-state index contributed by atoms with van der Waals surface area (Å²) < 4.78 is 0. The topological polar surface area (TPSA) is 49.3 Å². The van der Waals surface area contributed by atoms with Gasteiger partial charge in [0, 0.05) is 13.0 Å². The molecule has 0 aromatic heterocycles. The fourth-order valence-corrected chi connectivity index (χ4v) is 5.82. The molecule has 3 saturated carbocycles. The first-order chi connectivity index (χ1) is 11.1. The zero-order valence-corrected chi connectivity index (χ0v) is 14.8. The maximum absolute atomic E-state index is 11.6. The van der Waals surface area contributed by atoms with Gasteiger partial charge in [-0.1, -0.05) is 64.2 Å². The van der Waals surface area contributed by atoms with E-state index in [0.29, 0.717) is 23.7 Å². The van der Waals surface area contributed by atoms with Crippen molar-refractivity contribution in [2.24, 2.45) is 23.7 Å². The van der Waals surface area contributed by atoms with Crippen LogP contribution in [-0.2, 0) is 4.79 Å². The lowest BCUT2D eigenvalue weighted by Gasteiger charge is -2.47. The molecule has 3 fully saturated rings. The van der Waals surface area contributed by atoms with Crippen LogP contribution in [0.5, 0.6) is 0 Å². The third kappa shape index (κ3) is 4.29. The number of carbonyl (C=O) groups is 1. The molecule has 0 aromatic carbocycles. The van der Waals surface area contributed by atoms with E-state index in [4.69, 9.17) is 0 Å². The number of amides is 1. The van der Waals surface area contributed by atoms with Crippen LogP contribution in [0.25, 0.3) is 0 Å². The summed E-state index contributed by atoms with van der Waals surface area (Å²) >= 11 is 0. The van der Waals surface area contributed by atoms with Crippen LogP contribution in [0, 0.1) is 23.7 Å². The lowest BCUT2D eigenvalue weighted by molar-refractivity contribution is -0.121. The van der Waals surface area contributed by atoms with E-state index in [1.54, 1.807) is 6.92 Å². The van der Waals surface area contributed by atoms with Crippen molar-refractivity contribution in [3.05, 3.63) is 0 Å². The van der Waals surface area contributed by atoms with Crippen LogP contribution in [0.1, 0.15) is 84.0 Å². The van der Waals surface area contributed by atoms with Gasteiger partial charge in [-0.25, -0.2) is 0 Å². The summed E-state index contributed by atoms with van der Waals surface area (Å²) in [4.78, 5) is 11.6. The number of aliphatic hydroxyl groups is 1. The molecule has 0 heterocycles. The second-order valence-electron chi connectivity index (χ2n) is 8.48. The van der Waals surface area contributed by atoms with Gasteiger partial charge in [-0.3, -0.25) is 4.79 Å². The minimum atomic E-state index is -0.133. The average molecular weight is 322 g/mol. The molecule has 0 bridgehead atoms. The summed E-state index contributed by atoms with van der Waals surface area (Å²) in [6.07, 6.45) is 15.0. The van der Waals surface area contributed by atoms with E-state index in [0.717, 1.165) is 12.8 Å². The third-order valence-corrected chi connectivity index (χ3v) is 6.91. The van der Waals surface area contributed by atoms with E-state index < -0.39 is 0 Å². The third-order valence-electron chi connectivity index (χ3n) is 6.91. The van der Waals surface area contributed by atoms with E-state index in [1.165, 1.54) is 64.2 Å². The Balaban J connectivity index is 1.72. The molecule has 23 heavy (non-hydrogen) atoms. The first kappa shape index (κ1) is 17.3. The van der Waals surface area contributed by atoms with E-state index in [9.17, 15) is 9.90 Å². The van der Waals surface area contributed by atoms with Crippen molar-refractivity contribution in [3.63, 3.8) is 0 Å². The molecule has 0 aliphatic heterocycles. The number of carbonyl (C=O) groups excluding carboxylic acids is 1. The quantitative estimate of drug-likeness (QED) is 0.824. The number of nitrogens with one attached hydrogen (secondary N) is 1. The summed E-state index contributed by atoms with van der Waals surface area (Å²) in [6, 6.07) is 0.287. The number of aliphatic hydroxyl groups excluding tert-OH is 1. The van der Waals surface area contributed by atoms with Crippen LogP contribution >= 0.6 is 0 Å². The Bertz CT molecular complexity index is 357. The minimum absolute atomic E-state index is 0.0937. The highest BCUT2D eigenvalue weighted by Crippen LogP contribution is 2.45. The van der Waals surface area contributed by atoms with Crippen LogP contribution in [0.3, 0.4) is 0 Å². The van der Waals surface area contributed by atoms with Crippen molar-refractivity contribution in [1.82, 2.24) is 5.32 Å². The van der Waals surface area contributed by atoms with Gasteiger partial charge in [0.05, 0.1) is 6.10 Å². The van der Waals surface area contributed by atoms with Crippen LogP contribution < -0.4 is 5.32 Å². The summed E-state index contributed by atoms with van der Waals surface area (Å²) in [6.45, 7) is 1.64. The van der Waals surface area contributed by atoms with Gasteiger partial charge in [-0.15, -0.1) is 0 Å². The molecule has 3 nitrogen and oxygen atoms in total. The van der Waals surface area contributed by atoms with Crippen LogP contribution in [0.15, 0.2) is 0 Å². The number of rotatable bonds is 3. The zero-order chi connectivity index (χ0) is 16.2. The van der Waals surface area contributed by atoms with Gasteiger partial charge in [0.25, 0.3) is 0 Å². The van der Waals surface area contributed by atoms with Crippen molar-refractivity contribution in [2.45, 2.75) is 96.1 Å². The van der Waals surface area contributed by atoms with Crippen molar-refractivity contribution in [3.8, 4) is 0 Å². The van der Waals surface area contributed by atoms with E-state index >= 15 is 0 Å². The molecule has 2 N–H and O–H groups in total. The molecule has 0 aromatic rings. The average Bonchev–Trinajstić information content (AvgIpc) is 2.57. The molecule has 0 spiro atoms. The monoisotopic (exact) mass is 321 g/mol. The maximum Gasteiger partial charge on any atom is 0.217 e. The lowest BCUT2D eigenvalue weighted by Crippen LogP contribution is -2.50. The molecule has 2 unspecified atom stereocenters. The molecule has 1 amide bonds. The van der Waals surface area contributed by atoms with Crippen molar-refractivity contribution < 1.29 is 9.90 Å². The normalized spacial score (nSPS) is 37.5. The zero-order valence-electron chi connectivity index (χ0n) is 14.8. The van der Waals surface area contributed by atoms with Gasteiger partial charge in [0.2, 0.25) is 5.91 Å². The maximum atomic E-state index is 11.6. The molecule has 132 valence electrons. The van der Waals surface area contributed by atoms with Gasteiger partial charge >= 0.3 is 0 Å². The molecule has 0 saturated heterocycles. The largest absolute Gasteiger partial charge is 0.393 e. The molecule has 3 aliphatic rings. The summed E-state index contributed by atoms with van der Waals surface area (Å²) in [5, 5.41) is 14.4. The SMILES string of the molecule is CC(=O)NC1CC(C2CCCCC2)C(O)C(C2CCCCC2)C1. The van der Waals surface area contributed by atoms with Gasteiger partial charge in [0.15, 0.2) is 0 Å². The Morgan fingerprint density at radius 1 is 0.826 bits per heavy atom. The Kier molecular flexibility index (Phi) is 6.01. The van der Waals surface area contributed by atoms with Crippen LogP contribution in [0.4, 0.5) is 0 Å². The fourth-order valence-electron chi connectivity index (χ4n) is 5.82. The molecular weight excluding hydrogens is 286 g/mol. The second-order valence-corrected chi connectivity index (χ2v) is 8.48. The minimum Gasteiger partial charge on any atom is -0.393 e. The molecule has 2 atom stereocenters. The fraction of sp³-hybridized carbons (Fsp3) is 0.950. The van der Waals surface area contributed by atoms with Gasteiger partial charge in [-0.05, 0) is 36.5 Å². The Hall–Kier alpha value is -0.570. The number of hydrogen-bond donors (Lipinski definition) is 2. The standard InChI is InChI=1S/C20H35NO2/c1-14(22)21-17-12-18(15-8-4-2-5-9-15)20(23)19(13-17)16-10-6-3-7-11-16/h15-20,23H,2-13H2,1H3,(H,21,22). The lowest BCUT2D eigenvalue weighted by atomic mass is 9.62. The van der Waals surface area contributed by atoms with E-state index in [1.807, 2.05) is 0 Å². The van der Waals surface area contributed by atoms with Gasteiger partial charge in [-0.2, -0.15) is 0 Å². The first-order valence-corrected chi connectivity index (χ1v) is 10.1.